The molecule has 0 atom stereocenters. The van der Waals surface area contributed by atoms with Crippen molar-refractivity contribution in [3.63, 3.8) is 0 Å². The summed E-state index contributed by atoms with van der Waals surface area (Å²) in [5.41, 5.74) is 2.25. The van der Waals surface area contributed by atoms with E-state index in [2.05, 4.69) is 9.97 Å². The van der Waals surface area contributed by atoms with Gasteiger partial charge in [0.05, 0.1) is 5.75 Å². The van der Waals surface area contributed by atoms with Gasteiger partial charge in [0.2, 0.25) is 0 Å². The van der Waals surface area contributed by atoms with Crippen LogP contribution in [0.1, 0.15) is 11.3 Å². The molecule has 0 spiro atoms. The third-order valence-corrected chi connectivity index (χ3v) is 3.69. The number of hydrogen-bond acceptors (Lipinski definition) is 4. The minimum atomic E-state index is -0.827. The molecule has 0 radical (unpaired) electrons. The summed E-state index contributed by atoms with van der Waals surface area (Å²) in [4.78, 5) is 18.8. The van der Waals surface area contributed by atoms with Crippen LogP contribution in [0.25, 0.3) is 0 Å². The number of aliphatic carboxylic acids is 1. The quantitative estimate of drug-likeness (QED) is 0.818. The van der Waals surface area contributed by atoms with Crippen LogP contribution >= 0.6 is 11.8 Å². The third kappa shape index (κ3) is 3.82. The monoisotopic (exact) mass is 277 g/mol. The van der Waals surface area contributed by atoms with Crippen molar-refractivity contribution < 1.29 is 9.90 Å². The average Bonchev–Trinajstić information content (AvgIpc) is 2.76. The fourth-order valence-corrected chi connectivity index (χ4v) is 2.51. The van der Waals surface area contributed by atoms with Gasteiger partial charge in [0, 0.05) is 30.8 Å². The predicted octanol–water partition coefficient (Wildman–Crippen LogP) is 2.01. The summed E-state index contributed by atoms with van der Waals surface area (Å²) in [6, 6.07) is 3.96. The first-order valence-electron chi connectivity index (χ1n) is 5.92. The number of thioether (sulfide) groups is 1. The molecule has 0 aliphatic carbocycles. The van der Waals surface area contributed by atoms with Gasteiger partial charge in [0.25, 0.3) is 0 Å². The van der Waals surface area contributed by atoms with Crippen LogP contribution in [0.4, 0.5) is 0 Å². The fourth-order valence-electron chi connectivity index (χ4n) is 1.74. The van der Waals surface area contributed by atoms with E-state index in [1.54, 1.807) is 18.6 Å². The van der Waals surface area contributed by atoms with Gasteiger partial charge < -0.3 is 9.67 Å². The van der Waals surface area contributed by atoms with E-state index >= 15 is 0 Å². The average molecular weight is 277 g/mol. The van der Waals surface area contributed by atoms with E-state index in [9.17, 15) is 4.79 Å². The molecule has 0 saturated carbocycles. The molecular weight excluding hydrogens is 262 g/mol. The summed E-state index contributed by atoms with van der Waals surface area (Å²) in [5.74, 6) is -0.794. The van der Waals surface area contributed by atoms with Crippen molar-refractivity contribution in [1.29, 1.82) is 0 Å². The Balaban J connectivity index is 2.03. The fraction of sp³-hybridized carbons (Fsp3) is 0.308. The Morgan fingerprint density at radius 3 is 2.84 bits per heavy atom. The van der Waals surface area contributed by atoms with E-state index in [1.807, 2.05) is 23.6 Å². The lowest BCUT2D eigenvalue weighted by Gasteiger charge is -2.09. The van der Waals surface area contributed by atoms with Crippen LogP contribution in [-0.2, 0) is 17.8 Å². The molecule has 2 heterocycles. The van der Waals surface area contributed by atoms with Gasteiger partial charge in [-0.3, -0.25) is 9.78 Å². The smallest absolute Gasteiger partial charge is 0.313 e. The second-order valence-electron chi connectivity index (χ2n) is 4.12. The van der Waals surface area contributed by atoms with Gasteiger partial charge in [-0.2, -0.15) is 0 Å². The molecule has 0 amide bonds. The third-order valence-electron chi connectivity index (χ3n) is 2.72. The van der Waals surface area contributed by atoms with Crippen molar-refractivity contribution in [2.45, 2.75) is 25.0 Å². The van der Waals surface area contributed by atoms with Gasteiger partial charge >= 0.3 is 5.97 Å². The number of hydrogen-bond donors (Lipinski definition) is 1. The van der Waals surface area contributed by atoms with E-state index in [0.29, 0.717) is 0 Å². The molecule has 0 aliphatic rings. The highest BCUT2D eigenvalue weighted by molar-refractivity contribution is 7.99. The number of pyridine rings is 1. The zero-order valence-corrected chi connectivity index (χ0v) is 11.4. The van der Waals surface area contributed by atoms with Gasteiger partial charge in [0.15, 0.2) is 5.16 Å². The van der Waals surface area contributed by atoms with Crippen molar-refractivity contribution in [1.82, 2.24) is 14.5 Å². The lowest BCUT2D eigenvalue weighted by atomic mass is 10.2. The minimum Gasteiger partial charge on any atom is -0.481 e. The first-order valence-corrected chi connectivity index (χ1v) is 6.91. The molecule has 2 aromatic heterocycles. The van der Waals surface area contributed by atoms with Crippen LogP contribution < -0.4 is 0 Å². The standard InChI is InChI=1S/C13H15N3O2S/c1-10-8-15-13(19-9-12(17)18)16(10)7-4-11-2-5-14-6-3-11/h2-3,5-6,8H,4,7,9H2,1H3,(H,17,18). The highest BCUT2D eigenvalue weighted by Crippen LogP contribution is 2.18. The number of carbonyl (C=O) groups is 1. The summed E-state index contributed by atoms with van der Waals surface area (Å²) < 4.78 is 2.05. The van der Waals surface area contributed by atoms with E-state index in [1.165, 1.54) is 17.3 Å². The largest absolute Gasteiger partial charge is 0.481 e. The molecule has 0 unspecified atom stereocenters. The summed E-state index contributed by atoms with van der Waals surface area (Å²) >= 11 is 1.25. The zero-order valence-electron chi connectivity index (χ0n) is 10.6. The van der Waals surface area contributed by atoms with Gasteiger partial charge in [-0.05, 0) is 31.0 Å². The Morgan fingerprint density at radius 2 is 2.16 bits per heavy atom. The molecule has 0 aromatic carbocycles. The van der Waals surface area contributed by atoms with E-state index in [-0.39, 0.29) is 5.75 Å². The van der Waals surface area contributed by atoms with Crippen LogP contribution in [-0.4, -0.2) is 31.4 Å². The molecule has 0 aliphatic heterocycles. The molecule has 5 nitrogen and oxygen atoms in total. The highest BCUT2D eigenvalue weighted by atomic mass is 32.2. The lowest BCUT2D eigenvalue weighted by Crippen LogP contribution is -2.06. The zero-order chi connectivity index (χ0) is 13.7. The van der Waals surface area contributed by atoms with Crippen LogP contribution in [0.15, 0.2) is 35.9 Å². The molecule has 0 bridgehead atoms. The van der Waals surface area contributed by atoms with Gasteiger partial charge in [-0.1, -0.05) is 11.8 Å². The maximum Gasteiger partial charge on any atom is 0.313 e. The molecular formula is C13H15N3O2S. The van der Waals surface area contributed by atoms with Crippen molar-refractivity contribution in [3.8, 4) is 0 Å². The number of rotatable bonds is 6. The second-order valence-corrected chi connectivity index (χ2v) is 5.06. The van der Waals surface area contributed by atoms with Crippen LogP contribution in [0, 0.1) is 6.92 Å². The molecule has 2 aromatic rings. The number of imidazole rings is 1. The summed E-state index contributed by atoms with van der Waals surface area (Å²) in [5, 5.41) is 9.47. The summed E-state index contributed by atoms with van der Waals surface area (Å²) in [7, 11) is 0. The Hall–Kier alpha value is -1.82. The Morgan fingerprint density at radius 1 is 1.42 bits per heavy atom. The van der Waals surface area contributed by atoms with Gasteiger partial charge in [-0.15, -0.1) is 0 Å². The van der Waals surface area contributed by atoms with E-state index < -0.39 is 5.97 Å². The lowest BCUT2D eigenvalue weighted by molar-refractivity contribution is -0.133. The summed E-state index contributed by atoms with van der Waals surface area (Å²) in [6.07, 6.45) is 6.20. The Kier molecular flexibility index (Phi) is 4.57. The van der Waals surface area contributed by atoms with Crippen molar-refractivity contribution in [2.24, 2.45) is 0 Å². The molecule has 19 heavy (non-hydrogen) atoms. The van der Waals surface area contributed by atoms with Gasteiger partial charge in [-0.25, -0.2) is 4.98 Å². The number of aromatic nitrogens is 3. The molecule has 100 valence electrons. The van der Waals surface area contributed by atoms with Crippen LogP contribution in [0.5, 0.6) is 0 Å². The Bertz CT molecular complexity index is 554. The highest BCUT2D eigenvalue weighted by Gasteiger charge is 2.09. The SMILES string of the molecule is Cc1cnc(SCC(=O)O)n1CCc1ccncc1. The predicted molar refractivity (Wildman–Crippen MR) is 73.3 cm³/mol. The minimum absolute atomic E-state index is 0.0334. The molecule has 6 heteroatoms. The molecule has 1 N–H and O–H groups in total. The maximum atomic E-state index is 10.6. The normalized spacial score (nSPS) is 10.6. The van der Waals surface area contributed by atoms with Crippen LogP contribution in [0.2, 0.25) is 0 Å². The second kappa shape index (κ2) is 6.38. The number of aryl methyl sites for hydroxylation is 2. The Labute approximate surface area is 115 Å². The molecule has 0 fully saturated rings. The van der Waals surface area contributed by atoms with Crippen LogP contribution in [0.3, 0.4) is 0 Å². The van der Waals surface area contributed by atoms with Gasteiger partial charge in [0.1, 0.15) is 0 Å². The maximum absolute atomic E-state index is 10.6. The van der Waals surface area contributed by atoms with Crippen molar-refractivity contribution >= 4 is 17.7 Å². The first kappa shape index (κ1) is 13.6. The molecule has 0 saturated heterocycles. The number of carboxylic acid groups (broad SMARTS) is 1. The van der Waals surface area contributed by atoms with Crippen molar-refractivity contribution in [2.75, 3.05) is 5.75 Å². The molecule has 2 rings (SSSR count). The van der Waals surface area contributed by atoms with E-state index in [4.69, 9.17) is 5.11 Å². The topological polar surface area (TPSA) is 68.0 Å². The summed E-state index contributed by atoms with van der Waals surface area (Å²) in [6.45, 7) is 2.77. The number of carboxylic acids is 1. The van der Waals surface area contributed by atoms with E-state index in [0.717, 1.165) is 23.8 Å². The number of nitrogens with zero attached hydrogens (tertiary/aromatic N) is 3. The first-order chi connectivity index (χ1) is 9.16. The van der Waals surface area contributed by atoms with Crippen molar-refractivity contribution in [3.05, 3.63) is 42.0 Å².